The van der Waals surface area contributed by atoms with E-state index >= 15 is 0 Å². The summed E-state index contributed by atoms with van der Waals surface area (Å²) >= 11 is 0. The summed E-state index contributed by atoms with van der Waals surface area (Å²) in [5, 5.41) is 34.2. The maximum atomic E-state index is 13.6. The molecule has 0 radical (unpaired) electrons. The highest BCUT2D eigenvalue weighted by atomic mass is 16.5. The van der Waals surface area contributed by atoms with E-state index in [0.717, 1.165) is 33.4 Å². The minimum atomic E-state index is -1.24. The SMILES string of the molecule is C[C@H](CC(=O)O)NC(=O)[C@H](Cc1ccc(-c2ccccc2)cc1)NC(Cc1ccc(-c2ccccc2)cc1)C(=O)OCC(O)CO. The van der Waals surface area contributed by atoms with Crippen LogP contribution in [0.5, 0.6) is 0 Å². The summed E-state index contributed by atoms with van der Waals surface area (Å²) in [6.07, 6.45) is -1.13. The number of ether oxygens (including phenoxy) is 1. The lowest BCUT2D eigenvalue weighted by molar-refractivity contribution is -0.150. The Bertz CT molecular complexity index is 1540. The molecule has 4 atom stereocenters. The first-order chi connectivity index (χ1) is 22.2. The Balaban J connectivity index is 1.58. The van der Waals surface area contributed by atoms with Crippen LogP contribution in [-0.4, -0.2) is 70.6 Å². The molecular weight excluding hydrogens is 584 g/mol. The molecule has 0 fully saturated rings. The van der Waals surface area contributed by atoms with Crippen LogP contribution in [0.2, 0.25) is 0 Å². The van der Waals surface area contributed by atoms with Crippen molar-refractivity contribution < 1.29 is 34.4 Å². The number of amides is 1. The van der Waals surface area contributed by atoms with Gasteiger partial charge in [0.2, 0.25) is 5.91 Å². The van der Waals surface area contributed by atoms with Crippen molar-refractivity contribution >= 4 is 17.8 Å². The smallest absolute Gasteiger partial charge is 0.323 e. The molecule has 0 heterocycles. The number of nitrogens with one attached hydrogen (secondary N) is 2. The van der Waals surface area contributed by atoms with Gasteiger partial charge in [-0.1, -0.05) is 109 Å². The molecule has 0 saturated carbocycles. The van der Waals surface area contributed by atoms with E-state index in [1.807, 2.05) is 109 Å². The monoisotopic (exact) mass is 624 g/mol. The summed E-state index contributed by atoms with van der Waals surface area (Å²) in [6.45, 7) is 0.625. The van der Waals surface area contributed by atoms with E-state index in [4.69, 9.17) is 4.74 Å². The fourth-order valence-electron chi connectivity index (χ4n) is 5.07. The number of carboxylic acid groups (broad SMARTS) is 1. The second-order valence-electron chi connectivity index (χ2n) is 11.3. The van der Waals surface area contributed by atoms with Gasteiger partial charge in [-0.05, 0) is 53.1 Å². The molecule has 1 amide bonds. The molecule has 9 heteroatoms. The van der Waals surface area contributed by atoms with Gasteiger partial charge in [0, 0.05) is 6.04 Å². The summed E-state index contributed by atoms with van der Waals surface area (Å²) in [4.78, 5) is 38.2. The molecule has 0 aliphatic heterocycles. The number of esters is 1. The largest absolute Gasteiger partial charge is 0.481 e. The Morgan fingerprint density at radius 3 is 1.61 bits per heavy atom. The topological polar surface area (TPSA) is 145 Å². The fraction of sp³-hybridized carbons (Fsp3) is 0.270. The number of carbonyl (C=O) groups excluding carboxylic acids is 2. The molecule has 4 rings (SSSR count). The van der Waals surface area contributed by atoms with Crippen molar-refractivity contribution in [2.45, 2.75) is 50.4 Å². The second kappa shape index (κ2) is 17.0. The predicted octanol–water partition coefficient (Wildman–Crippen LogP) is 4.01. The first kappa shape index (κ1) is 34.1. The van der Waals surface area contributed by atoms with Crippen molar-refractivity contribution in [3.63, 3.8) is 0 Å². The number of aliphatic hydroxyl groups excluding tert-OH is 2. The van der Waals surface area contributed by atoms with Gasteiger partial charge in [-0.3, -0.25) is 19.7 Å². The predicted molar refractivity (Wildman–Crippen MR) is 176 cm³/mol. The molecule has 0 bridgehead atoms. The van der Waals surface area contributed by atoms with Crippen LogP contribution in [0.25, 0.3) is 22.3 Å². The number of carbonyl (C=O) groups is 3. The highest BCUT2D eigenvalue weighted by molar-refractivity contribution is 5.84. The number of aliphatic carboxylic acids is 1. The van der Waals surface area contributed by atoms with Gasteiger partial charge in [0.05, 0.1) is 19.1 Å². The Labute approximate surface area is 268 Å². The second-order valence-corrected chi connectivity index (χ2v) is 11.3. The maximum Gasteiger partial charge on any atom is 0.323 e. The summed E-state index contributed by atoms with van der Waals surface area (Å²) in [6, 6.07) is 32.6. The van der Waals surface area contributed by atoms with Crippen LogP contribution in [0.15, 0.2) is 109 Å². The van der Waals surface area contributed by atoms with Crippen LogP contribution in [0.4, 0.5) is 0 Å². The zero-order chi connectivity index (χ0) is 32.9. The van der Waals surface area contributed by atoms with Gasteiger partial charge < -0.3 is 25.4 Å². The van der Waals surface area contributed by atoms with Crippen molar-refractivity contribution in [3.05, 3.63) is 120 Å². The third-order valence-electron chi connectivity index (χ3n) is 7.50. The van der Waals surface area contributed by atoms with Gasteiger partial charge in [0.1, 0.15) is 18.8 Å². The minimum absolute atomic E-state index is 0.171. The fourth-order valence-corrected chi connectivity index (χ4v) is 5.07. The lowest BCUT2D eigenvalue weighted by Crippen LogP contribution is -2.54. The molecule has 0 spiro atoms. The van der Waals surface area contributed by atoms with Crippen LogP contribution >= 0.6 is 0 Å². The van der Waals surface area contributed by atoms with Crippen LogP contribution in [-0.2, 0) is 32.0 Å². The molecule has 9 nitrogen and oxygen atoms in total. The summed E-state index contributed by atoms with van der Waals surface area (Å²) in [5.41, 5.74) is 5.75. The highest BCUT2D eigenvalue weighted by Gasteiger charge is 2.29. The van der Waals surface area contributed by atoms with Gasteiger partial charge >= 0.3 is 11.9 Å². The van der Waals surface area contributed by atoms with E-state index < -0.39 is 55.3 Å². The standard InChI is InChI=1S/C37H40N2O7/c1-25(20-35(42)43)38-36(44)33(21-26-12-16-30(17-13-26)28-8-4-2-5-9-28)39-34(37(45)46-24-32(41)23-40)22-27-14-18-31(19-15-27)29-10-6-3-7-11-29/h2-19,25,32-34,39-41H,20-24H2,1H3,(H,38,44)(H,42,43)/t25-,32?,33+,34?/m1/s1. The van der Waals surface area contributed by atoms with Crippen molar-refractivity contribution in [1.29, 1.82) is 0 Å². The lowest BCUT2D eigenvalue weighted by atomic mass is 9.97. The average Bonchev–Trinajstić information content (AvgIpc) is 3.07. The van der Waals surface area contributed by atoms with Gasteiger partial charge in [0.15, 0.2) is 0 Å². The number of carboxylic acids is 1. The molecule has 0 saturated heterocycles. The molecule has 4 aromatic carbocycles. The van der Waals surface area contributed by atoms with Crippen molar-refractivity contribution in [1.82, 2.24) is 10.6 Å². The quantitative estimate of drug-likeness (QED) is 0.118. The third-order valence-corrected chi connectivity index (χ3v) is 7.50. The van der Waals surface area contributed by atoms with Gasteiger partial charge in [0.25, 0.3) is 0 Å². The van der Waals surface area contributed by atoms with E-state index in [9.17, 15) is 29.7 Å². The van der Waals surface area contributed by atoms with E-state index in [0.29, 0.717) is 0 Å². The van der Waals surface area contributed by atoms with E-state index in [1.165, 1.54) is 0 Å². The summed E-state index contributed by atoms with van der Waals surface area (Å²) in [5.74, 6) is -2.21. The molecule has 0 aromatic heterocycles. The van der Waals surface area contributed by atoms with Crippen LogP contribution in [0, 0.1) is 0 Å². The minimum Gasteiger partial charge on any atom is -0.481 e. The summed E-state index contributed by atoms with van der Waals surface area (Å²) < 4.78 is 5.33. The lowest BCUT2D eigenvalue weighted by Gasteiger charge is -2.26. The van der Waals surface area contributed by atoms with Gasteiger partial charge in [-0.2, -0.15) is 0 Å². The Morgan fingerprint density at radius 2 is 1.15 bits per heavy atom. The van der Waals surface area contributed by atoms with Crippen LogP contribution < -0.4 is 10.6 Å². The Kier molecular flexibility index (Phi) is 12.6. The first-order valence-electron chi connectivity index (χ1n) is 15.2. The van der Waals surface area contributed by atoms with Crippen molar-refractivity contribution in [2.75, 3.05) is 13.2 Å². The van der Waals surface area contributed by atoms with Crippen molar-refractivity contribution in [3.8, 4) is 22.3 Å². The van der Waals surface area contributed by atoms with Gasteiger partial charge in [-0.15, -0.1) is 0 Å². The first-order valence-corrected chi connectivity index (χ1v) is 15.2. The van der Waals surface area contributed by atoms with Crippen LogP contribution in [0.3, 0.4) is 0 Å². The summed E-state index contributed by atoms with van der Waals surface area (Å²) in [7, 11) is 0. The maximum absolute atomic E-state index is 13.6. The van der Waals surface area contributed by atoms with E-state index in [1.54, 1.807) is 6.92 Å². The average molecular weight is 625 g/mol. The zero-order valence-electron chi connectivity index (χ0n) is 25.7. The number of rotatable bonds is 16. The molecule has 0 aliphatic rings. The normalized spacial score (nSPS) is 13.6. The number of benzene rings is 4. The molecule has 2 unspecified atom stereocenters. The third kappa shape index (κ3) is 10.4. The molecule has 5 N–H and O–H groups in total. The Hall–Kier alpha value is -4.83. The number of aliphatic hydroxyl groups is 2. The van der Waals surface area contributed by atoms with E-state index in [-0.39, 0.29) is 19.3 Å². The molecular formula is C37H40N2O7. The Morgan fingerprint density at radius 1 is 0.696 bits per heavy atom. The number of hydrogen-bond acceptors (Lipinski definition) is 7. The van der Waals surface area contributed by atoms with Crippen molar-refractivity contribution in [2.24, 2.45) is 0 Å². The van der Waals surface area contributed by atoms with E-state index in [2.05, 4.69) is 10.6 Å². The molecule has 4 aromatic rings. The number of hydrogen-bond donors (Lipinski definition) is 5. The van der Waals surface area contributed by atoms with Gasteiger partial charge in [-0.25, -0.2) is 0 Å². The van der Waals surface area contributed by atoms with Crippen LogP contribution in [0.1, 0.15) is 24.5 Å². The highest BCUT2D eigenvalue weighted by Crippen LogP contribution is 2.22. The molecule has 46 heavy (non-hydrogen) atoms. The zero-order valence-corrected chi connectivity index (χ0v) is 25.7. The molecule has 240 valence electrons. The molecule has 0 aliphatic carbocycles.